The average molecular weight is 1210 g/mol. The minimum absolute atomic E-state index is 0.254. The van der Waals surface area contributed by atoms with E-state index in [1.54, 1.807) is 14.2 Å². The monoisotopic (exact) mass is 1210 g/mol. The molecule has 0 aromatic heterocycles. The standard InChI is InChI=1S/C18H16O.C16H16O.2C14H14O.C12H18O2.C10H12O/c1-12(2)18-15-9-5-3-7-13(15)17(11-19)14-8-4-6-10-16(14)18;1-12(2)14-7-9-16(10-8-14)15-5-3-13(11-17)4-6-15;1-10(2)12-6-4-7-13-11(9-15)5-3-8-14(12)13;1-10(2)12-8-7-11(9-15)13-5-3-4-6-14(12)13;1-9(2)10-5-7-11(8-6-10)12(13-3)14-4;1-8(2)10-5-3-9(7-11)4-6-10/h3-12H,1-2H3;3-12H,1-2H3;2*3-10H,1-2H3;5-9,12H,1-4H3;3-8H,1-2H3. The Kier molecular flexibility index (Phi) is 27.4. The minimum atomic E-state index is -0.254. The maximum absolute atomic E-state index is 11.5. The molecule has 0 N–H and O–H groups in total. The van der Waals surface area contributed by atoms with Gasteiger partial charge < -0.3 is 9.47 Å². The molecule has 0 aliphatic carbocycles. The SMILES string of the molecule is CC(C)c1c2ccccc2c(C=O)c2ccccc12.CC(C)c1ccc(-c2ccc(C=O)cc2)cc1.CC(C)c1ccc(C=O)c2ccccc12.CC(C)c1ccc(C=O)cc1.CC(C)c1cccc2c(C=O)cccc12.COC(OC)c1ccc(C(C)C)cc1. The van der Waals surface area contributed by atoms with Gasteiger partial charge in [-0.2, -0.15) is 0 Å². The van der Waals surface area contributed by atoms with Crippen molar-refractivity contribution in [2.75, 3.05) is 14.2 Å². The van der Waals surface area contributed by atoms with Gasteiger partial charge in [0, 0.05) is 47.6 Å². The lowest BCUT2D eigenvalue weighted by Gasteiger charge is -2.16. The van der Waals surface area contributed by atoms with Crippen LogP contribution in [0.3, 0.4) is 0 Å². The topological polar surface area (TPSA) is 104 Å². The number of carbonyl (C=O) groups excluding carboxylic acids is 5. The summed E-state index contributed by atoms with van der Waals surface area (Å²) in [4.78, 5) is 54.2. The van der Waals surface area contributed by atoms with Gasteiger partial charge in [-0.1, -0.05) is 301 Å². The predicted molar refractivity (Wildman–Crippen MR) is 382 cm³/mol. The quantitative estimate of drug-likeness (QED) is 0.0572. The molecular weight excluding hydrogens is 1120 g/mol. The van der Waals surface area contributed by atoms with E-state index >= 15 is 0 Å². The molecule has 11 aromatic carbocycles. The predicted octanol–water partition coefficient (Wildman–Crippen LogP) is 22.5. The molecule has 11 aromatic rings. The van der Waals surface area contributed by atoms with Crippen molar-refractivity contribution in [3.63, 3.8) is 0 Å². The Balaban J connectivity index is 0.000000175. The Labute approximate surface area is 540 Å². The summed E-state index contributed by atoms with van der Waals surface area (Å²) in [5, 5.41) is 8.99. The van der Waals surface area contributed by atoms with E-state index in [0.717, 1.165) is 86.4 Å². The fraction of sp³-hybridized carbons (Fsp3) is 0.250. The van der Waals surface area contributed by atoms with E-state index in [4.69, 9.17) is 9.47 Å². The Hall–Kier alpha value is -9.27. The molecule has 91 heavy (non-hydrogen) atoms. The highest BCUT2D eigenvalue weighted by atomic mass is 16.7. The maximum Gasteiger partial charge on any atom is 0.183 e. The first kappa shape index (κ1) is 70.8. The number of benzene rings is 11. The number of methoxy groups -OCH3 is 2. The Morgan fingerprint density at radius 3 is 0.989 bits per heavy atom. The first-order valence-electron chi connectivity index (χ1n) is 31.5. The van der Waals surface area contributed by atoms with Crippen molar-refractivity contribution in [3.8, 4) is 11.1 Å². The van der Waals surface area contributed by atoms with Crippen LogP contribution in [0.1, 0.15) is 216 Å². The second kappa shape index (κ2) is 35.2. The van der Waals surface area contributed by atoms with Crippen LogP contribution in [0.25, 0.3) is 54.2 Å². The maximum atomic E-state index is 11.5. The molecule has 0 heterocycles. The molecule has 0 saturated heterocycles. The first-order valence-corrected chi connectivity index (χ1v) is 31.5. The number of aldehydes is 5. The van der Waals surface area contributed by atoms with Crippen LogP contribution in [0.5, 0.6) is 0 Å². The molecule has 0 bridgehead atoms. The van der Waals surface area contributed by atoms with Crippen molar-refractivity contribution in [1.82, 2.24) is 0 Å². The zero-order valence-corrected chi connectivity index (χ0v) is 55.6. The summed E-state index contributed by atoms with van der Waals surface area (Å²) in [7, 11) is 3.29. The lowest BCUT2D eigenvalue weighted by Crippen LogP contribution is -2.03. The third kappa shape index (κ3) is 18.9. The summed E-state index contributed by atoms with van der Waals surface area (Å²) in [6.45, 7) is 26.1. The van der Waals surface area contributed by atoms with Gasteiger partial charge in [-0.25, -0.2) is 0 Å². The number of ether oxygens (including phenoxy) is 2. The van der Waals surface area contributed by atoms with Gasteiger partial charge in [0.1, 0.15) is 12.6 Å². The van der Waals surface area contributed by atoms with Crippen molar-refractivity contribution in [1.29, 1.82) is 0 Å². The van der Waals surface area contributed by atoms with E-state index in [-0.39, 0.29) is 6.29 Å². The van der Waals surface area contributed by atoms with Gasteiger partial charge >= 0.3 is 0 Å². The number of carbonyl (C=O) groups is 5. The first-order chi connectivity index (χ1) is 43.8. The van der Waals surface area contributed by atoms with Gasteiger partial charge in [0.15, 0.2) is 25.1 Å². The van der Waals surface area contributed by atoms with Gasteiger partial charge in [0.25, 0.3) is 0 Å². The van der Waals surface area contributed by atoms with Crippen LogP contribution < -0.4 is 0 Å². The van der Waals surface area contributed by atoms with Gasteiger partial charge in [-0.3, -0.25) is 24.0 Å². The summed E-state index contributed by atoms with van der Waals surface area (Å²) in [5.41, 5.74) is 15.1. The summed E-state index contributed by atoms with van der Waals surface area (Å²) in [6.07, 6.45) is 4.31. The van der Waals surface area contributed by atoms with Crippen molar-refractivity contribution < 1.29 is 33.4 Å². The molecule has 0 spiro atoms. The molecule has 11 rings (SSSR count). The zero-order chi connectivity index (χ0) is 66.1. The number of hydrogen-bond acceptors (Lipinski definition) is 7. The minimum Gasteiger partial charge on any atom is -0.352 e. The highest BCUT2D eigenvalue weighted by molar-refractivity contribution is 6.14. The molecule has 7 heteroatoms. The average Bonchev–Trinajstić information content (AvgIpc) is 0.790. The number of hydrogen-bond donors (Lipinski definition) is 0. The van der Waals surface area contributed by atoms with Crippen molar-refractivity contribution in [2.24, 2.45) is 0 Å². The molecule has 468 valence electrons. The molecule has 7 nitrogen and oxygen atoms in total. The van der Waals surface area contributed by atoms with Crippen LogP contribution in [0, 0.1) is 0 Å². The van der Waals surface area contributed by atoms with Gasteiger partial charge in [0.2, 0.25) is 0 Å². The molecule has 0 saturated carbocycles. The van der Waals surface area contributed by atoms with Crippen LogP contribution in [0.15, 0.2) is 218 Å². The van der Waals surface area contributed by atoms with E-state index < -0.39 is 0 Å². The Morgan fingerprint density at radius 1 is 0.264 bits per heavy atom. The van der Waals surface area contributed by atoms with E-state index in [1.165, 1.54) is 60.5 Å². The summed E-state index contributed by atoms with van der Waals surface area (Å²) in [5.74, 6) is 3.05. The molecule has 0 fully saturated rings. The molecule has 0 unspecified atom stereocenters. The Bertz CT molecular complexity index is 4010. The third-order valence-electron chi connectivity index (χ3n) is 16.2. The van der Waals surface area contributed by atoms with E-state index in [0.29, 0.717) is 41.1 Å². The van der Waals surface area contributed by atoms with E-state index in [1.807, 2.05) is 146 Å². The number of rotatable bonds is 15. The smallest absolute Gasteiger partial charge is 0.183 e. The van der Waals surface area contributed by atoms with Crippen molar-refractivity contribution in [2.45, 2.75) is 125 Å². The summed E-state index contributed by atoms with van der Waals surface area (Å²) >= 11 is 0. The lowest BCUT2D eigenvalue weighted by molar-refractivity contribution is -0.106. The van der Waals surface area contributed by atoms with Crippen LogP contribution in [-0.4, -0.2) is 45.7 Å². The van der Waals surface area contributed by atoms with E-state index in [2.05, 4.69) is 156 Å². The fourth-order valence-electron chi connectivity index (χ4n) is 11.0. The van der Waals surface area contributed by atoms with Gasteiger partial charge in [-0.15, -0.1) is 0 Å². The lowest BCUT2D eigenvalue weighted by atomic mass is 9.87. The molecule has 0 radical (unpaired) electrons. The highest BCUT2D eigenvalue weighted by Gasteiger charge is 2.16. The molecule has 0 atom stereocenters. The fourth-order valence-corrected chi connectivity index (χ4v) is 11.0. The molecule has 0 amide bonds. The molecule has 0 aliphatic rings. The van der Waals surface area contributed by atoms with Crippen molar-refractivity contribution in [3.05, 3.63) is 285 Å². The van der Waals surface area contributed by atoms with Crippen LogP contribution in [-0.2, 0) is 9.47 Å². The zero-order valence-electron chi connectivity index (χ0n) is 55.6. The largest absolute Gasteiger partial charge is 0.352 e. The van der Waals surface area contributed by atoms with Crippen LogP contribution in [0.4, 0.5) is 0 Å². The molecule has 0 aliphatic heterocycles. The van der Waals surface area contributed by atoms with Crippen LogP contribution in [0.2, 0.25) is 0 Å². The Morgan fingerprint density at radius 2 is 0.593 bits per heavy atom. The van der Waals surface area contributed by atoms with Gasteiger partial charge in [0.05, 0.1) is 0 Å². The summed E-state index contributed by atoms with van der Waals surface area (Å²) < 4.78 is 10.3. The molecular formula is C84H90O7. The normalized spacial score (nSPS) is 10.9. The highest BCUT2D eigenvalue weighted by Crippen LogP contribution is 2.36. The third-order valence-corrected chi connectivity index (χ3v) is 16.2. The van der Waals surface area contributed by atoms with Crippen molar-refractivity contribution >= 4 is 74.5 Å². The van der Waals surface area contributed by atoms with E-state index in [9.17, 15) is 24.0 Å². The van der Waals surface area contributed by atoms with Gasteiger partial charge in [-0.05, 0) is 123 Å². The summed E-state index contributed by atoms with van der Waals surface area (Å²) in [6, 6.07) is 72.7. The number of fused-ring (bicyclic) bond motifs is 4. The second-order valence-electron chi connectivity index (χ2n) is 24.4. The van der Waals surface area contributed by atoms with Crippen LogP contribution >= 0.6 is 0 Å². The second-order valence-corrected chi connectivity index (χ2v) is 24.4.